The molecule has 0 saturated heterocycles. The molecular weight excluding hydrogens is 204 g/mol. The first-order valence-corrected chi connectivity index (χ1v) is 5.58. The maximum absolute atomic E-state index is 11.6. The van der Waals surface area contributed by atoms with Crippen molar-refractivity contribution in [1.82, 2.24) is 5.32 Å². The molecule has 1 aromatic rings. The Morgan fingerprint density at radius 3 is 2.62 bits per heavy atom. The van der Waals surface area contributed by atoms with Crippen LogP contribution in [0.4, 0.5) is 0 Å². The standard InChI is InChI=1S/C12H20N2O2/c1-5-11(13)12(15)14-8(3)10-6-7(2)16-9(10)4/h6,8,11H,5,13H2,1-4H3,(H,14,15)/t8?,11-/m0/s1. The van der Waals surface area contributed by atoms with E-state index in [1.807, 2.05) is 33.8 Å². The molecule has 0 aliphatic rings. The second-order valence-electron chi connectivity index (χ2n) is 4.11. The summed E-state index contributed by atoms with van der Waals surface area (Å²) in [7, 11) is 0. The van der Waals surface area contributed by atoms with Gasteiger partial charge in [-0.05, 0) is 33.3 Å². The van der Waals surface area contributed by atoms with E-state index in [0.29, 0.717) is 6.42 Å². The van der Waals surface area contributed by atoms with E-state index in [9.17, 15) is 4.79 Å². The van der Waals surface area contributed by atoms with Gasteiger partial charge in [0.2, 0.25) is 5.91 Å². The molecule has 1 amide bonds. The van der Waals surface area contributed by atoms with Gasteiger partial charge >= 0.3 is 0 Å². The van der Waals surface area contributed by atoms with E-state index in [4.69, 9.17) is 10.2 Å². The summed E-state index contributed by atoms with van der Waals surface area (Å²) in [5.74, 6) is 1.58. The first-order valence-electron chi connectivity index (χ1n) is 5.58. The van der Waals surface area contributed by atoms with E-state index >= 15 is 0 Å². The van der Waals surface area contributed by atoms with Crippen molar-refractivity contribution in [2.24, 2.45) is 5.73 Å². The third-order valence-electron chi connectivity index (χ3n) is 2.68. The van der Waals surface area contributed by atoms with Crippen LogP contribution in [0.3, 0.4) is 0 Å². The molecule has 0 aliphatic carbocycles. The number of amides is 1. The van der Waals surface area contributed by atoms with Crippen molar-refractivity contribution >= 4 is 5.91 Å². The zero-order chi connectivity index (χ0) is 12.3. The van der Waals surface area contributed by atoms with Crippen LogP contribution < -0.4 is 11.1 Å². The molecule has 0 aliphatic heterocycles. The fraction of sp³-hybridized carbons (Fsp3) is 0.583. The van der Waals surface area contributed by atoms with Crippen LogP contribution in [0, 0.1) is 13.8 Å². The number of carbonyl (C=O) groups is 1. The molecule has 90 valence electrons. The van der Waals surface area contributed by atoms with Crippen LogP contribution in [-0.4, -0.2) is 11.9 Å². The summed E-state index contributed by atoms with van der Waals surface area (Å²) in [5, 5.41) is 2.88. The molecule has 0 radical (unpaired) electrons. The lowest BCUT2D eigenvalue weighted by atomic mass is 10.1. The molecule has 2 atom stereocenters. The molecule has 4 heteroatoms. The van der Waals surface area contributed by atoms with Crippen LogP contribution in [0.2, 0.25) is 0 Å². The summed E-state index contributed by atoms with van der Waals surface area (Å²) in [6.45, 7) is 7.60. The van der Waals surface area contributed by atoms with E-state index in [-0.39, 0.29) is 11.9 Å². The van der Waals surface area contributed by atoms with Crippen molar-refractivity contribution in [3.63, 3.8) is 0 Å². The third kappa shape index (κ3) is 2.85. The number of nitrogens with one attached hydrogen (secondary N) is 1. The van der Waals surface area contributed by atoms with Gasteiger partial charge in [-0.3, -0.25) is 4.79 Å². The molecule has 0 aromatic carbocycles. The summed E-state index contributed by atoms with van der Waals surface area (Å²) < 4.78 is 5.42. The fourth-order valence-corrected chi connectivity index (χ4v) is 1.66. The zero-order valence-electron chi connectivity index (χ0n) is 10.3. The van der Waals surface area contributed by atoms with E-state index in [1.165, 1.54) is 0 Å². The van der Waals surface area contributed by atoms with Crippen molar-refractivity contribution < 1.29 is 9.21 Å². The van der Waals surface area contributed by atoms with Crippen molar-refractivity contribution in [3.05, 3.63) is 23.2 Å². The Labute approximate surface area is 96.2 Å². The van der Waals surface area contributed by atoms with Crippen LogP contribution in [0.5, 0.6) is 0 Å². The maximum atomic E-state index is 11.6. The van der Waals surface area contributed by atoms with E-state index in [2.05, 4.69) is 5.32 Å². The normalized spacial score (nSPS) is 14.6. The van der Waals surface area contributed by atoms with Gasteiger partial charge in [0.25, 0.3) is 0 Å². The molecule has 1 heterocycles. The predicted octanol–water partition coefficient (Wildman–Crippen LogP) is 1.81. The molecule has 0 bridgehead atoms. The quantitative estimate of drug-likeness (QED) is 0.819. The largest absolute Gasteiger partial charge is 0.466 e. The van der Waals surface area contributed by atoms with Gasteiger partial charge in [0.15, 0.2) is 0 Å². The first-order chi connectivity index (χ1) is 7.45. The number of carbonyl (C=O) groups excluding carboxylic acids is 1. The van der Waals surface area contributed by atoms with Crippen LogP contribution in [0.1, 0.15) is 43.4 Å². The second-order valence-corrected chi connectivity index (χ2v) is 4.11. The van der Waals surface area contributed by atoms with Crippen LogP contribution >= 0.6 is 0 Å². The van der Waals surface area contributed by atoms with Crippen LogP contribution in [-0.2, 0) is 4.79 Å². The Hall–Kier alpha value is -1.29. The average Bonchev–Trinajstić information content (AvgIpc) is 2.56. The average molecular weight is 224 g/mol. The summed E-state index contributed by atoms with van der Waals surface area (Å²) in [6.07, 6.45) is 0.641. The molecule has 1 aromatic heterocycles. The summed E-state index contributed by atoms with van der Waals surface area (Å²) in [6, 6.07) is 1.44. The smallest absolute Gasteiger partial charge is 0.237 e. The SMILES string of the molecule is CC[C@H](N)C(=O)NC(C)c1cc(C)oc1C. The van der Waals surface area contributed by atoms with Gasteiger partial charge in [-0.15, -0.1) is 0 Å². The maximum Gasteiger partial charge on any atom is 0.237 e. The van der Waals surface area contributed by atoms with Gasteiger partial charge < -0.3 is 15.5 Å². The highest BCUT2D eigenvalue weighted by Gasteiger charge is 2.17. The lowest BCUT2D eigenvalue weighted by Crippen LogP contribution is -2.41. The number of hydrogen-bond donors (Lipinski definition) is 2. The highest BCUT2D eigenvalue weighted by atomic mass is 16.3. The summed E-state index contributed by atoms with van der Waals surface area (Å²) in [4.78, 5) is 11.6. The number of rotatable bonds is 4. The Bertz CT molecular complexity index is 371. The molecule has 3 N–H and O–H groups in total. The van der Waals surface area contributed by atoms with Gasteiger partial charge in [0, 0.05) is 5.56 Å². The number of aryl methyl sites for hydroxylation is 2. The Morgan fingerprint density at radius 1 is 1.56 bits per heavy atom. The monoisotopic (exact) mass is 224 g/mol. The Morgan fingerprint density at radius 2 is 2.19 bits per heavy atom. The van der Waals surface area contributed by atoms with Gasteiger partial charge in [-0.1, -0.05) is 6.92 Å². The minimum absolute atomic E-state index is 0.0671. The Balaban J connectivity index is 2.69. The number of furan rings is 1. The van der Waals surface area contributed by atoms with Crippen LogP contribution in [0.25, 0.3) is 0 Å². The topological polar surface area (TPSA) is 68.3 Å². The molecular formula is C12H20N2O2. The molecule has 0 saturated carbocycles. The zero-order valence-corrected chi connectivity index (χ0v) is 10.3. The van der Waals surface area contributed by atoms with Crippen molar-refractivity contribution in [2.75, 3.05) is 0 Å². The fourth-order valence-electron chi connectivity index (χ4n) is 1.66. The third-order valence-corrected chi connectivity index (χ3v) is 2.68. The summed E-state index contributed by atoms with van der Waals surface area (Å²) in [5.41, 5.74) is 6.66. The number of nitrogens with two attached hydrogens (primary N) is 1. The summed E-state index contributed by atoms with van der Waals surface area (Å²) >= 11 is 0. The van der Waals surface area contributed by atoms with Gasteiger partial charge in [-0.25, -0.2) is 0 Å². The predicted molar refractivity (Wildman–Crippen MR) is 63.0 cm³/mol. The molecule has 0 fully saturated rings. The van der Waals surface area contributed by atoms with Gasteiger partial charge in [0.05, 0.1) is 12.1 Å². The Kier molecular flexibility index (Phi) is 4.12. The highest BCUT2D eigenvalue weighted by Crippen LogP contribution is 2.21. The molecule has 0 spiro atoms. The number of hydrogen-bond acceptors (Lipinski definition) is 3. The van der Waals surface area contributed by atoms with E-state index < -0.39 is 6.04 Å². The minimum atomic E-state index is -0.434. The van der Waals surface area contributed by atoms with E-state index in [1.54, 1.807) is 0 Å². The van der Waals surface area contributed by atoms with Crippen molar-refractivity contribution in [3.8, 4) is 0 Å². The molecule has 4 nitrogen and oxygen atoms in total. The molecule has 1 rings (SSSR count). The van der Waals surface area contributed by atoms with Crippen LogP contribution in [0.15, 0.2) is 10.5 Å². The molecule has 16 heavy (non-hydrogen) atoms. The van der Waals surface area contributed by atoms with Crippen molar-refractivity contribution in [1.29, 1.82) is 0 Å². The lowest BCUT2D eigenvalue weighted by Gasteiger charge is -2.16. The molecule has 1 unspecified atom stereocenters. The second kappa shape index (κ2) is 5.16. The highest BCUT2D eigenvalue weighted by molar-refractivity contribution is 5.81. The first kappa shape index (κ1) is 12.8. The lowest BCUT2D eigenvalue weighted by molar-refractivity contribution is -0.123. The van der Waals surface area contributed by atoms with Crippen molar-refractivity contribution in [2.45, 2.75) is 46.2 Å². The van der Waals surface area contributed by atoms with E-state index in [0.717, 1.165) is 17.1 Å². The minimum Gasteiger partial charge on any atom is -0.466 e. The van der Waals surface area contributed by atoms with Gasteiger partial charge in [-0.2, -0.15) is 0 Å². The van der Waals surface area contributed by atoms with Gasteiger partial charge in [0.1, 0.15) is 11.5 Å².